The maximum absolute atomic E-state index is 5.89. The van der Waals surface area contributed by atoms with Crippen LogP contribution in [0.1, 0.15) is 25.5 Å². The van der Waals surface area contributed by atoms with Crippen LogP contribution in [0, 0.1) is 6.92 Å². The van der Waals surface area contributed by atoms with Crippen molar-refractivity contribution in [1.82, 2.24) is 19.6 Å². The van der Waals surface area contributed by atoms with E-state index in [1.807, 2.05) is 13.0 Å². The average Bonchev–Trinajstić information content (AvgIpc) is 2.81. The Morgan fingerprint density at radius 1 is 1.39 bits per heavy atom. The number of alkyl halides is 1. The molecule has 0 saturated heterocycles. The number of halogens is 1. The zero-order valence-electron chi connectivity index (χ0n) is 10.8. The molecule has 2 aromatic rings. The zero-order chi connectivity index (χ0) is 13.0. The van der Waals surface area contributed by atoms with E-state index >= 15 is 0 Å². The quantitative estimate of drug-likeness (QED) is 0.754. The molecule has 0 aliphatic heterocycles. The lowest BCUT2D eigenvalue weighted by molar-refractivity contribution is 0.710. The number of hydrogen-bond acceptors (Lipinski definition) is 4. The van der Waals surface area contributed by atoms with Crippen LogP contribution in [0.15, 0.2) is 12.4 Å². The second kappa shape index (κ2) is 6.00. The van der Waals surface area contributed by atoms with Crippen LogP contribution < -0.4 is 4.90 Å². The normalized spacial score (nSPS) is 11.1. The van der Waals surface area contributed by atoms with Gasteiger partial charge in [-0.15, -0.1) is 11.6 Å². The molecule has 6 heteroatoms. The second-order valence-corrected chi connectivity index (χ2v) is 4.64. The number of rotatable bonds is 6. The van der Waals surface area contributed by atoms with Crippen LogP contribution in [0.3, 0.4) is 0 Å². The molecule has 2 heterocycles. The van der Waals surface area contributed by atoms with Gasteiger partial charge in [0.2, 0.25) is 0 Å². The third-order valence-electron chi connectivity index (χ3n) is 2.82. The first kappa shape index (κ1) is 13.1. The molecule has 2 aromatic heterocycles. The summed E-state index contributed by atoms with van der Waals surface area (Å²) in [5.41, 5.74) is 0.946. The summed E-state index contributed by atoms with van der Waals surface area (Å²) >= 11 is 5.89. The zero-order valence-corrected chi connectivity index (χ0v) is 11.6. The summed E-state index contributed by atoms with van der Waals surface area (Å²) in [5.74, 6) is 2.26. The van der Waals surface area contributed by atoms with E-state index in [-0.39, 0.29) is 0 Å². The van der Waals surface area contributed by atoms with E-state index < -0.39 is 0 Å². The van der Waals surface area contributed by atoms with Crippen LogP contribution >= 0.6 is 11.6 Å². The van der Waals surface area contributed by atoms with Gasteiger partial charge in [0.05, 0.1) is 0 Å². The van der Waals surface area contributed by atoms with Crippen LogP contribution in [-0.4, -0.2) is 38.6 Å². The first-order valence-electron chi connectivity index (χ1n) is 6.24. The van der Waals surface area contributed by atoms with Crippen molar-refractivity contribution in [2.45, 2.75) is 26.7 Å². The monoisotopic (exact) mass is 267 g/mol. The van der Waals surface area contributed by atoms with Crippen molar-refractivity contribution in [1.29, 1.82) is 0 Å². The lowest BCUT2D eigenvalue weighted by atomic mass is 10.3. The van der Waals surface area contributed by atoms with E-state index in [4.69, 9.17) is 11.6 Å². The van der Waals surface area contributed by atoms with Gasteiger partial charge < -0.3 is 4.90 Å². The molecule has 0 aliphatic rings. The van der Waals surface area contributed by atoms with Gasteiger partial charge in [-0.3, -0.25) is 0 Å². The predicted octanol–water partition coefficient (Wildman–Crippen LogP) is 2.28. The van der Waals surface area contributed by atoms with E-state index in [0.29, 0.717) is 11.7 Å². The minimum atomic E-state index is 0.598. The Hall–Kier alpha value is -1.36. The Morgan fingerprint density at radius 3 is 2.94 bits per heavy atom. The molecule has 0 atom stereocenters. The molecule has 98 valence electrons. The second-order valence-electron chi connectivity index (χ2n) is 4.26. The molecule has 0 spiro atoms. The van der Waals surface area contributed by atoms with Crippen molar-refractivity contribution in [3.63, 3.8) is 0 Å². The van der Waals surface area contributed by atoms with E-state index in [1.54, 1.807) is 4.52 Å². The summed E-state index contributed by atoms with van der Waals surface area (Å²) in [4.78, 5) is 10.7. The highest BCUT2D eigenvalue weighted by atomic mass is 35.5. The summed E-state index contributed by atoms with van der Waals surface area (Å²) in [6, 6.07) is 2.03. The number of anilines is 1. The van der Waals surface area contributed by atoms with Crippen molar-refractivity contribution in [3.8, 4) is 0 Å². The number of nitrogens with zero attached hydrogens (tertiary/aromatic N) is 5. The van der Waals surface area contributed by atoms with Crippen LogP contribution in [-0.2, 0) is 0 Å². The maximum atomic E-state index is 5.89. The lowest BCUT2D eigenvalue weighted by Crippen LogP contribution is -2.29. The van der Waals surface area contributed by atoms with Gasteiger partial charge in [0.15, 0.2) is 0 Å². The highest BCUT2D eigenvalue weighted by molar-refractivity contribution is 6.18. The fourth-order valence-electron chi connectivity index (χ4n) is 1.93. The summed E-state index contributed by atoms with van der Waals surface area (Å²) < 4.78 is 1.77. The third kappa shape index (κ3) is 2.72. The molecule has 0 aliphatic carbocycles. The van der Waals surface area contributed by atoms with Gasteiger partial charge in [-0.25, -0.2) is 4.98 Å². The van der Waals surface area contributed by atoms with Gasteiger partial charge in [-0.1, -0.05) is 13.3 Å². The first-order chi connectivity index (χ1) is 8.76. The highest BCUT2D eigenvalue weighted by Crippen LogP contribution is 2.16. The Balaban J connectivity index is 2.38. The lowest BCUT2D eigenvalue weighted by Gasteiger charge is -2.24. The van der Waals surface area contributed by atoms with Crippen molar-refractivity contribution in [3.05, 3.63) is 18.1 Å². The van der Waals surface area contributed by atoms with Crippen molar-refractivity contribution in [2.24, 2.45) is 0 Å². The molecule has 0 aromatic carbocycles. The van der Waals surface area contributed by atoms with Crippen LogP contribution in [0.5, 0.6) is 0 Å². The van der Waals surface area contributed by atoms with Crippen molar-refractivity contribution in [2.75, 3.05) is 23.9 Å². The number of aromatic nitrogens is 4. The van der Waals surface area contributed by atoms with E-state index in [0.717, 1.165) is 37.4 Å². The summed E-state index contributed by atoms with van der Waals surface area (Å²) in [5, 5.41) is 4.23. The molecular weight excluding hydrogens is 250 g/mol. The van der Waals surface area contributed by atoms with Crippen molar-refractivity contribution >= 4 is 23.2 Å². The summed E-state index contributed by atoms with van der Waals surface area (Å²) in [6.07, 6.45) is 3.82. The molecule has 2 rings (SSSR count). The van der Waals surface area contributed by atoms with Gasteiger partial charge in [0.1, 0.15) is 12.1 Å². The molecule has 0 unspecified atom stereocenters. The maximum Gasteiger partial charge on any atom is 0.254 e. The summed E-state index contributed by atoms with van der Waals surface area (Å²) in [6.45, 7) is 5.93. The number of hydrogen-bond donors (Lipinski definition) is 0. The van der Waals surface area contributed by atoms with E-state index in [9.17, 15) is 0 Å². The molecule has 0 fully saturated rings. The van der Waals surface area contributed by atoms with Gasteiger partial charge in [-0.05, 0) is 13.3 Å². The molecule has 0 amide bonds. The highest BCUT2D eigenvalue weighted by Gasteiger charge is 2.12. The van der Waals surface area contributed by atoms with Crippen LogP contribution in [0.4, 0.5) is 5.82 Å². The molecular formula is C12H18ClN5. The number of unbranched alkanes of at least 4 members (excludes halogenated alkanes) is 1. The first-order valence-corrected chi connectivity index (χ1v) is 6.78. The average molecular weight is 268 g/mol. The smallest absolute Gasteiger partial charge is 0.254 e. The predicted molar refractivity (Wildman–Crippen MR) is 73.4 cm³/mol. The fraction of sp³-hybridized carbons (Fsp3) is 0.583. The van der Waals surface area contributed by atoms with Gasteiger partial charge in [0, 0.05) is 30.7 Å². The Morgan fingerprint density at radius 2 is 2.22 bits per heavy atom. The van der Waals surface area contributed by atoms with Crippen LogP contribution in [0.25, 0.3) is 5.78 Å². The molecule has 0 bridgehead atoms. The SMILES string of the molecule is CCCCN(CCCl)c1cc(C)nc2ncnn12. The molecule has 0 saturated carbocycles. The van der Waals surface area contributed by atoms with Crippen molar-refractivity contribution < 1.29 is 0 Å². The molecule has 5 nitrogen and oxygen atoms in total. The van der Waals surface area contributed by atoms with Gasteiger partial charge >= 0.3 is 0 Å². The third-order valence-corrected chi connectivity index (χ3v) is 2.99. The standard InChI is InChI=1S/C12H18ClN5/c1-3-4-6-17(7-5-13)11-8-10(2)16-12-14-9-15-18(11)12/h8-9H,3-7H2,1-2H3. The van der Waals surface area contributed by atoms with E-state index in [2.05, 4.69) is 26.9 Å². The Labute approximate surface area is 112 Å². The summed E-state index contributed by atoms with van der Waals surface area (Å²) in [7, 11) is 0. The topological polar surface area (TPSA) is 46.3 Å². The minimum Gasteiger partial charge on any atom is -0.355 e. The van der Waals surface area contributed by atoms with Crippen LogP contribution in [0.2, 0.25) is 0 Å². The fourth-order valence-corrected chi connectivity index (χ4v) is 2.13. The van der Waals surface area contributed by atoms with E-state index in [1.165, 1.54) is 6.33 Å². The molecule has 18 heavy (non-hydrogen) atoms. The van der Waals surface area contributed by atoms with Gasteiger partial charge in [0.25, 0.3) is 5.78 Å². The number of aryl methyl sites for hydroxylation is 1. The van der Waals surface area contributed by atoms with Gasteiger partial charge in [-0.2, -0.15) is 14.6 Å². The molecule has 0 radical (unpaired) electrons. The Kier molecular flexibility index (Phi) is 4.36. The largest absolute Gasteiger partial charge is 0.355 e. The Bertz CT molecular complexity index is 510. The molecule has 0 N–H and O–H groups in total. The minimum absolute atomic E-state index is 0.598. The number of fused-ring (bicyclic) bond motifs is 1.